The summed E-state index contributed by atoms with van der Waals surface area (Å²) >= 11 is 0. The largest absolute Gasteiger partial charge is 0.459 e. The Bertz CT molecular complexity index is 1210. The number of hydrogen-bond acceptors (Lipinski definition) is 6. The molecular formula is C21H18N6O3. The van der Waals surface area contributed by atoms with Crippen LogP contribution in [-0.2, 0) is 0 Å². The van der Waals surface area contributed by atoms with Crippen LogP contribution in [0, 0.1) is 0 Å². The summed E-state index contributed by atoms with van der Waals surface area (Å²) in [6.45, 7) is 1.85. The summed E-state index contributed by atoms with van der Waals surface area (Å²) in [7, 11) is 0. The van der Waals surface area contributed by atoms with Crippen molar-refractivity contribution in [1.29, 1.82) is 0 Å². The third kappa shape index (κ3) is 3.20. The van der Waals surface area contributed by atoms with Crippen molar-refractivity contribution in [3.05, 3.63) is 72.3 Å². The summed E-state index contributed by atoms with van der Waals surface area (Å²) in [5, 5.41) is 8.27. The minimum atomic E-state index is -0.153. The number of pyridine rings is 1. The fourth-order valence-electron chi connectivity index (χ4n) is 3.56. The Morgan fingerprint density at radius 1 is 0.900 bits per heavy atom. The van der Waals surface area contributed by atoms with Crippen LogP contribution in [0.4, 0.5) is 0 Å². The van der Waals surface area contributed by atoms with Gasteiger partial charge in [-0.05, 0) is 42.5 Å². The van der Waals surface area contributed by atoms with E-state index >= 15 is 0 Å². The van der Waals surface area contributed by atoms with E-state index in [2.05, 4.69) is 15.3 Å². The molecule has 2 amide bonds. The maximum absolute atomic E-state index is 13.0. The van der Waals surface area contributed by atoms with Crippen LogP contribution in [0.1, 0.15) is 20.9 Å². The van der Waals surface area contributed by atoms with E-state index in [9.17, 15) is 9.59 Å². The SMILES string of the molecule is O=C(c1cccc(-n2nnc3cccnc32)c1)N1CCN(C(=O)c2ccco2)CC1. The first-order valence-corrected chi connectivity index (χ1v) is 9.59. The van der Waals surface area contributed by atoms with Crippen molar-refractivity contribution < 1.29 is 14.0 Å². The molecule has 9 nitrogen and oxygen atoms in total. The molecule has 0 N–H and O–H groups in total. The monoisotopic (exact) mass is 402 g/mol. The zero-order valence-electron chi connectivity index (χ0n) is 16.0. The number of piperazine rings is 1. The Labute approximate surface area is 171 Å². The van der Waals surface area contributed by atoms with Gasteiger partial charge in [-0.1, -0.05) is 11.3 Å². The first kappa shape index (κ1) is 18.0. The lowest BCUT2D eigenvalue weighted by atomic mass is 10.1. The zero-order valence-corrected chi connectivity index (χ0v) is 16.0. The summed E-state index contributed by atoms with van der Waals surface area (Å²) < 4.78 is 6.80. The molecule has 0 radical (unpaired) electrons. The minimum Gasteiger partial charge on any atom is -0.459 e. The van der Waals surface area contributed by atoms with E-state index in [1.165, 1.54) is 6.26 Å². The first-order valence-electron chi connectivity index (χ1n) is 9.59. The number of carbonyl (C=O) groups excluding carboxylic acids is 2. The molecule has 0 atom stereocenters. The number of nitrogens with zero attached hydrogens (tertiary/aromatic N) is 6. The lowest BCUT2D eigenvalue weighted by Gasteiger charge is -2.34. The maximum Gasteiger partial charge on any atom is 0.289 e. The van der Waals surface area contributed by atoms with E-state index in [4.69, 9.17) is 4.42 Å². The predicted molar refractivity (Wildman–Crippen MR) is 107 cm³/mol. The molecule has 1 aromatic carbocycles. The second kappa shape index (κ2) is 7.43. The molecule has 30 heavy (non-hydrogen) atoms. The summed E-state index contributed by atoms with van der Waals surface area (Å²) in [4.78, 5) is 33.2. The van der Waals surface area contributed by atoms with Gasteiger partial charge >= 0.3 is 0 Å². The van der Waals surface area contributed by atoms with Gasteiger partial charge in [0.1, 0.15) is 5.52 Å². The van der Waals surface area contributed by atoms with Gasteiger partial charge in [-0.15, -0.1) is 5.10 Å². The van der Waals surface area contributed by atoms with Crippen LogP contribution in [-0.4, -0.2) is 67.8 Å². The normalized spacial score (nSPS) is 14.3. The maximum atomic E-state index is 13.0. The molecule has 1 aliphatic rings. The highest BCUT2D eigenvalue weighted by atomic mass is 16.3. The average Bonchev–Trinajstić information content (AvgIpc) is 3.49. The van der Waals surface area contributed by atoms with Gasteiger partial charge in [-0.2, -0.15) is 4.68 Å². The standard InChI is InChI=1S/C21H18N6O3/c28-20(25-9-11-26(12-10-25)21(29)18-7-3-13-30-18)15-4-1-5-16(14-15)27-19-17(23-24-27)6-2-8-22-19/h1-8,13-14H,9-12H2. The summed E-state index contributed by atoms with van der Waals surface area (Å²) in [5.41, 5.74) is 2.59. The third-order valence-electron chi connectivity index (χ3n) is 5.13. The van der Waals surface area contributed by atoms with Gasteiger partial charge < -0.3 is 14.2 Å². The van der Waals surface area contributed by atoms with Gasteiger partial charge in [-0.25, -0.2) is 4.98 Å². The Morgan fingerprint density at radius 2 is 1.70 bits per heavy atom. The summed E-state index contributed by atoms with van der Waals surface area (Å²) in [5.74, 6) is 0.0788. The van der Waals surface area contributed by atoms with E-state index in [0.29, 0.717) is 54.4 Å². The van der Waals surface area contributed by atoms with Crippen molar-refractivity contribution in [2.45, 2.75) is 0 Å². The van der Waals surface area contributed by atoms with Crippen LogP contribution in [0.5, 0.6) is 0 Å². The van der Waals surface area contributed by atoms with Gasteiger partial charge in [0.15, 0.2) is 11.4 Å². The quantitative estimate of drug-likeness (QED) is 0.520. The number of rotatable bonds is 3. The number of amides is 2. The van der Waals surface area contributed by atoms with E-state index < -0.39 is 0 Å². The van der Waals surface area contributed by atoms with Crippen molar-refractivity contribution in [1.82, 2.24) is 29.8 Å². The van der Waals surface area contributed by atoms with Crippen molar-refractivity contribution in [2.24, 2.45) is 0 Å². The Balaban J connectivity index is 1.31. The van der Waals surface area contributed by atoms with Crippen LogP contribution in [0.25, 0.3) is 16.9 Å². The Kier molecular flexibility index (Phi) is 4.47. The van der Waals surface area contributed by atoms with E-state index in [1.54, 1.807) is 51.0 Å². The molecule has 5 rings (SSSR count). The van der Waals surface area contributed by atoms with Crippen molar-refractivity contribution in [3.8, 4) is 5.69 Å². The molecule has 0 bridgehead atoms. The number of aromatic nitrogens is 4. The number of benzene rings is 1. The Hall–Kier alpha value is -4.01. The molecule has 1 fully saturated rings. The van der Waals surface area contributed by atoms with Crippen LogP contribution in [0.15, 0.2) is 65.4 Å². The smallest absolute Gasteiger partial charge is 0.289 e. The molecule has 3 aromatic heterocycles. The second-order valence-corrected chi connectivity index (χ2v) is 6.96. The zero-order chi connectivity index (χ0) is 20.5. The van der Waals surface area contributed by atoms with Crippen LogP contribution in [0.2, 0.25) is 0 Å². The molecule has 150 valence electrons. The molecule has 1 saturated heterocycles. The van der Waals surface area contributed by atoms with Gasteiger partial charge in [-0.3, -0.25) is 9.59 Å². The number of hydrogen-bond donors (Lipinski definition) is 0. The molecule has 0 unspecified atom stereocenters. The predicted octanol–water partition coefficient (Wildman–Crippen LogP) is 2.01. The number of fused-ring (bicyclic) bond motifs is 1. The van der Waals surface area contributed by atoms with Gasteiger partial charge in [0.25, 0.3) is 11.8 Å². The highest BCUT2D eigenvalue weighted by Gasteiger charge is 2.26. The molecule has 9 heteroatoms. The Morgan fingerprint density at radius 3 is 2.47 bits per heavy atom. The van der Waals surface area contributed by atoms with Gasteiger partial charge in [0, 0.05) is 37.9 Å². The van der Waals surface area contributed by atoms with Crippen LogP contribution >= 0.6 is 0 Å². The molecule has 4 heterocycles. The fraction of sp³-hybridized carbons (Fsp3) is 0.190. The van der Waals surface area contributed by atoms with Crippen molar-refractivity contribution in [3.63, 3.8) is 0 Å². The molecule has 0 aliphatic carbocycles. The van der Waals surface area contributed by atoms with Crippen molar-refractivity contribution in [2.75, 3.05) is 26.2 Å². The lowest BCUT2D eigenvalue weighted by molar-refractivity contribution is 0.0518. The molecule has 1 aliphatic heterocycles. The fourth-order valence-corrected chi connectivity index (χ4v) is 3.56. The molecule has 0 saturated carbocycles. The second-order valence-electron chi connectivity index (χ2n) is 6.96. The average molecular weight is 402 g/mol. The number of furan rings is 1. The minimum absolute atomic E-state index is 0.0840. The molecule has 0 spiro atoms. The topological polar surface area (TPSA) is 97.4 Å². The summed E-state index contributed by atoms with van der Waals surface area (Å²) in [6, 6.07) is 14.2. The van der Waals surface area contributed by atoms with Crippen LogP contribution in [0.3, 0.4) is 0 Å². The summed E-state index contributed by atoms with van der Waals surface area (Å²) in [6.07, 6.45) is 3.16. The molecule has 4 aromatic rings. The molecular weight excluding hydrogens is 384 g/mol. The number of carbonyl (C=O) groups is 2. The first-order chi connectivity index (χ1) is 14.7. The van der Waals surface area contributed by atoms with Gasteiger partial charge in [0.05, 0.1) is 12.0 Å². The van der Waals surface area contributed by atoms with E-state index in [1.807, 2.05) is 18.2 Å². The van der Waals surface area contributed by atoms with E-state index in [-0.39, 0.29) is 11.8 Å². The lowest BCUT2D eigenvalue weighted by Crippen LogP contribution is -2.50. The third-order valence-corrected chi connectivity index (χ3v) is 5.13. The van der Waals surface area contributed by atoms with Crippen LogP contribution < -0.4 is 0 Å². The van der Waals surface area contributed by atoms with Crippen molar-refractivity contribution >= 4 is 23.0 Å². The van der Waals surface area contributed by atoms with Gasteiger partial charge in [0.2, 0.25) is 0 Å². The highest BCUT2D eigenvalue weighted by Crippen LogP contribution is 2.17. The highest BCUT2D eigenvalue weighted by molar-refractivity contribution is 5.95. The van der Waals surface area contributed by atoms with E-state index in [0.717, 1.165) is 0 Å².